The van der Waals surface area contributed by atoms with E-state index in [1.165, 1.54) is 0 Å². The molecular weight excluding hydrogens is 311 g/mol. The quantitative estimate of drug-likeness (QED) is 0.802. The van der Waals surface area contributed by atoms with Crippen LogP contribution in [0.5, 0.6) is 0 Å². The van der Waals surface area contributed by atoms with Crippen molar-refractivity contribution in [1.82, 2.24) is 4.98 Å². The normalized spacial score (nSPS) is 12.9. The van der Waals surface area contributed by atoms with E-state index < -0.39 is 0 Å². The molecule has 0 aliphatic carbocycles. The van der Waals surface area contributed by atoms with Gasteiger partial charge in [-0.2, -0.15) is 0 Å². The molecule has 1 heterocycles. The molecule has 1 aromatic heterocycles. The van der Waals surface area contributed by atoms with Gasteiger partial charge >= 0.3 is 0 Å². The number of nitrogens with zero attached hydrogens (tertiary/aromatic N) is 1. The van der Waals surface area contributed by atoms with Gasteiger partial charge in [0.15, 0.2) is 0 Å². The van der Waals surface area contributed by atoms with E-state index in [-0.39, 0.29) is 5.38 Å². The van der Waals surface area contributed by atoms with Gasteiger partial charge in [0.1, 0.15) is 5.82 Å². The molecule has 0 radical (unpaired) electrons. The Morgan fingerprint density at radius 1 is 1.50 bits per heavy atom. The summed E-state index contributed by atoms with van der Waals surface area (Å²) >= 11 is 15.4. The number of pyridine rings is 1. The number of hydrogen-bond acceptors (Lipinski definition) is 2. The minimum Gasteiger partial charge on any atom is -0.368 e. The molecular formula is C11H15BrCl2N2. The zero-order valence-corrected chi connectivity index (χ0v) is 12.4. The third kappa shape index (κ3) is 4.89. The van der Waals surface area contributed by atoms with E-state index in [1.807, 2.05) is 6.07 Å². The van der Waals surface area contributed by atoms with E-state index in [9.17, 15) is 0 Å². The second-order valence-corrected chi connectivity index (χ2v) is 6.00. The number of hydrogen-bond donors (Lipinski definition) is 1. The summed E-state index contributed by atoms with van der Waals surface area (Å²) in [7, 11) is 0. The van der Waals surface area contributed by atoms with Crippen molar-refractivity contribution in [2.24, 2.45) is 5.92 Å². The minimum absolute atomic E-state index is 0.115. The number of anilines is 1. The summed E-state index contributed by atoms with van der Waals surface area (Å²) in [5.74, 6) is 1.38. The zero-order chi connectivity index (χ0) is 12.1. The van der Waals surface area contributed by atoms with Crippen molar-refractivity contribution in [3.05, 3.63) is 21.8 Å². The van der Waals surface area contributed by atoms with Crippen LogP contribution in [0.25, 0.3) is 0 Å². The molecule has 0 saturated carbocycles. The van der Waals surface area contributed by atoms with Crippen LogP contribution in [0.1, 0.15) is 20.3 Å². The Hall–Kier alpha value is 0.01000. The molecule has 0 fully saturated rings. The van der Waals surface area contributed by atoms with E-state index in [0.717, 1.165) is 16.7 Å². The van der Waals surface area contributed by atoms with Crippen LogP contribution in [0, 0.1) is 5.92 Å². The molecule has 2 nitrogen and oxygen atoms in total. The molecule has 0 aliphatic rings. The molecule has 0 aliphatic heterocycles. The summed E-state index contributed by atoms with van der Waals surface area (Å²) in [6.45, 7) is 5.02. The van der Waals surface area contributed by atoms with Crippen LogP contribution >= 0.6 is 39.1 Å². The number of nitrogens with one attached hydrogen (secondary N) is 1. The first-order chi connectivity index (χ1) is 7.49. The van der Waals surface area contributed by atoms with Gasteiger partial charge in [0, 0.05) is 12.7 Å². The SMILES string of the molecule is CC(C)CC(Cl)CNc1ncc(Cl)cc1Br. The van der Waals surface area contributed by atoms with Crippen molar-refractivity contribution < 1.29 is 0 Å². The fourth-order valence-electron chi connectivity index (χ4n) is 1.35. The van der Waals surface area contributed by atoms with E-state index in [2.05, 4.69) is 40.1 Å². The van der Waals surface area contributed by atoms with E-state index >= 15 is 0 Å². The lowest BCUT2D eigenvalue weighted by Gasteiger charge is -2.14. The van der Waals surface area contributed by atoms with E-state index in [1.54, 1.807) is 6.20 Å². The van der Waals surface area contributed by atoms with Crippen molar-refractivity contribution in [2.45, 2.75) is 25.6 Å². The topological polar surface area (TPSA) is 24.9 Å². The van der Waals surface area contributed by atoms with Crippen LogP contribution in [0.15, 0.2) is 16.7 Å². The highest BCUT2D eigenvalue weighted by molar-refractivity contribution is 9.10. The van der Waals surface area contributed by atoms with E-state index in [4.69, 9.17) is 23.2 Å². The van der Waals surface area contributed by atoms with Gasteiger partial charge < -0.3 is 5.32 Å². The molecule has 0 saturated heterocycles. The van der Waals surface area contributed by atoms with Crippen LogP contribution < -0.4 is 5.32 Å². The van der Waals surface area contributed by atoms with Gasteiger partial charge in [-0.3, -0.25) is 0 Å². The Morgan fingerprint density at radius 2 is 2.19 bits per heavy atom. The molecule has 1 N–H and O–H groups in total. The first kappa shape index (κ1) is 14.1. The third-order valence-electron chi connectivity index (χ3n) is 2.03. The first-order valence-electron chi connectivity index (χ1n) is 5.18. The van der Waals surface area contributed by atoms with E-state index in [0.29, 0.717) is 17.5 Å². The van der Waals surface area contributed by atoms with Crippen LogP contribution in [0.3, 0.4) is 0 Å². The molecule has 1 unspecified atom stereocenters. The lowest BCUT2D eigenvalue weighted by Crippen LogP contribution is -2.17. The second-order valence-electron chi connectivity index (χ2n) is 4.09. The summed E-state index contributed by atoms with van der Waals surface area (Å²) in [6.07, 6.45) is 2.60. The van der Waals surface area contributed by atoms with Gasteiger partial charge in [-0.1, -0.05) is 25.4 Å². The number of aromatic nitrogens is 1. The van der Waals surface area contributed by atoms with Gasteiger partial charge in [-0.25, -0.2) is 4.98 Å². The van der Waals surface area contributed by atoms with Crippen LogP contribution in [-0.2, 0) is 0 Å². The molecule has 0 amide bonds. The lowest BCUT2D eigenvalue weighted by atomic mass is 10.1. The van der Waals surface area contributed by atoms with Crippen molar-refractivity contribution in [3.63, 3.8) is 0 Å². The van der Waals surface area contributed by atoms with Gasteiger partial charge in [0.25, 0.3) is 0 Å². The van der Waals surface area contributed by atoms with Crippen molar-refractivity contribution >= 4 is 44.9 Å². The number of rotatable bonds is 5. The third-order valence-corrected chi connectivity index (χ3v) is 3.17. The number of alkyl halides is 1. The molecule has 90 valence electrons. The van der Waals surface area contributed by atoms with Gasteiger partial charge in [0.05, 0.1) is 14.9 Å². The molecule has 0 bridgehead atoms. The lowest BCUT2D eigenvalue weighted by molar-refractivity contribution is 0.572. The maximum atomic E-state index is 6.18. The monoisotopic (exact) mass is 324 g/mol. The van der Waals surface area contributed by atoms with Crippen LogP contribution in [-0.4, -0.2) is 16.9 Å². The molecule has 1 aromatic rings. The average Bonchev–Trinajstić information content (AvgIpc) is 2.15. The summed E-state index contributed by atoms with van der Waals surface area (Å²) < 4.78 is 0.855. The predicted octanol–water partition coefficient (Wildman–Crippen LogP) is 4.56. The maximum Gasteiger partial charge on any atom is 0.140 e. The Balaban J connectivity index is 2.48. The fourth-order valence-corrected chi connectivity index (χ4v) is 2.56. The van der Waals surface area contributed by atoms with Crippen LogP contribution in [0.2, 0.25) is 5.02 Å². The average molecular weight is 326 g/mol. The highest BCUT2D eigenvalue weighted by Gasteiger charge is 2.08. The second kappa shape index (κ2) is 6.67. The van der Waals surface area contributed by atoms with Crippen molar-refractivity contribution in [2.75, 3.05) is 11.9 Å². The van der Waals surface area contributed by atoms with Crippen molar-refractivity contribution in [3.8, 4) is 0 Å². The number of halogens is 3. The van der Waals surface area contributed by atoms with Gasteiger partial charge in [-0.15, -0.1) is 11.6 Å². The Labute approximate surface area is 115 Å². The van der Waals surface area contributed by atoms with Crippen LogP contribution in [0.4, 0.5) is 5.82 Å². The highest BCUT2D eigenvalue weighted by atomic mass is 79.9. The van der Waals surface area contributed by atoms with Crippen molar-refractivity contribution in [1.29, 1.82) is 0 Å². The summed E-state index contributed by atoms with van der Waals surface area (Å²) in [6, 6.07) is 1.81. The summed E-state index contributed by atoms with van der Waals surface area (Å²) in [5, 5.41) is 3.92. The molecule has 0 spiro atoms. The molecule has 5 heteroatoms. The Kier molecular flexibility index (Phi) is 5.87. The molecule has 16 heavy (non-hydrogen) atoms. The predicted molar refractivity (Wildman–Crippen MR) is 74.5 cm³/mol. The smallest absolute Gasteiger partial charge is 0.140 e. The standard InChI is InChI=1S/C11H15BrCl2N2/c1-7(2)3-8(13)5-15-11-10(12)4-9(14)6-16-11/h4,6-8H,3,5H2,1-2H3,(H,15,16). The highest BCUT2D eigenvalue weighted by Crippen LogP contribution is 2.23. The Morgan fingerprint density at radius 3 is 2.75 bits per heavy atom. The summed E-state index contributed by atoms with van der Waals surface area (Å²) in [4.78, 5) is 4.18. The summed E-state index contributed by atoms with van der Waals surface area (Å²) in [5.41, 5.74) is 0. The molecule has 1 rings (SSSR count). The maximum absolute atomic E-state index is 6.18. The molecule has 1 atom stereocenters. The largest absolute Gasteiger partial charge is 0.368 e. The van der Waals surface area contributed by atoms with Gasteiger partial charge in [0.2, 0.25) is 0 Å². The Bertz CT molecular complexity index is 345. The fraction of sp³-hybridized carbons (Fsp3) is 0.545. The molecule has 0 aromatic carbocycles. The zero-order valence-electron chi connectivity index (χ0n) is 9.30. The first-order valence-corrected chi connectivity index (χ1v) is 6.78. The van der Waals surface area contributed by atoms with Gasteiger partial charge in [-0.05, 0) is 34.3 Å². The minimum atomic E-state index is 0.115.